The van der Waals surface area contributed by atoms with Crippen LogP contribution < -0.4 is 5.32 Å². The highest BCUT2D eigenvalue weighted by atomic mass is 16.5. The van der Waals surface area contributed by atoms with E-state index in [2.05, 4.69) is 32.2 Å². The van der Waals surface area contributed by atoms with Crippen molar-refractivity contribution in [3.05, 3.63) is 23.8 Å². The van der Waals surface area contributed by atoms with Gasteiger partial charge in [0.15, 0.2) is 0 Å². The second-order valence-electron chi connectivity index (χ2n) is 15.6. The number of carbonyl (C=O) groups is 1. The molecule has 0 heterocycles. The first-order chi connectivity index (χ1) is 25.2. The molecule has 8 atom stereocenters. The molecule has 7 N–H and O–H groups in total. The van der Waals surface area contributed by atoms with E-state index in [-0.39, 0.29) is 19.6 Å². The molecule has 0 unspecified atom stereocenters. The molecule has 0 radical (unpaired) electrons. The minimum absolute atomic E-state index is 0.106. The van der Waals surface area contributed by atoms with Crippen molar-refractivity contribution < 1.29 is 40.2 Å². The van der Waals surface area contributed by atoms with Gasteiger partial charge >= 0.3 is 0 Å². The Morgan fingerprint density at radius 3 is 1.79 bits per heavy atom. The number of allylic oxidation sites excluding steroid dienone is 3. The van der Waals surface area contributed by atoms with E-state index in [0.29, 0.717) is 6.42 Å². The zero-order chi connectivity index (χ0) is 38.4. The third-order valence-corrected chi connectivity index (χ3v) is 10.8. The van der Waals surface area contributed by atoms with Crippen LogP contribution in [-0.4, -0.2) is 92.4 Å². The van der Waals surface area contributed by atoms with E-state index in [1.54, 1.807) is 6.08 Å². The van der Waals surface area contributed by atoms with E-state index in [1.165, 1.54) is 108 Å². The lowest BCUT2D eigenvalue weighted by atomic mass is 9.81. The molecule has 52 heavy (non-hydrogen) atoms. The average Bonchev–Trinajstić information content (AvgIpc) is 3.14. The monoisotopic (exact) mass is 740 g/mol. The number of unbranched alkanes of at least 4 members (excludes halogenated alkanes) is 19. The molecule has 9 heteroatoms. The lowest BCUT2D eigenvalue weighted by Gasteiger charge is -2.40. The van der Waals surface area contributed by atoms with Crippen molar-refractivity contribution >= 4 is 5.91 Å². The molecular formula is C43H81NO8. The van der Waals surface area contributed by atoms with Crippen molar-refractivity contribution in [3.8, 4) is 0 Å². The molecule has 0 aromatic carbocycles. The van der Waals surface area contributed by atoms with Crippen molar-refractivity contribution in [1.29, 1.82) is 0 Å². The molecule has 9 nitrogen and oxygen atoms in total. The summed E-state index contributed by atoms with van der Waals surface area (Å²) in [6.07, 6.45) is 26.3. The number of aliphatic hydroxyl groups excluding tert-OH is 6. The maximum atomic E-state index is 13.0. The highest BCUT2D eigenvalue weighted by molar-refractivity contribution is 5.80. The third kappa shape index (κ3) is 22.8. The summed E-state index contributed by atoms with van der Waals surface area (Å²) in [7, 11) is 0. The van der Waals surface area contributed by atoms with Crippen molar-refractivity contribution in [2.24, 2.45) is 5.92 Å². The number of hydrogen-bond donors (Lipinski definition) is 7. The van der Waals surface area contributed by atoms with Crippen molar-refractivity contribution in [3.63, 3.8) is 0 Å². The molecule has 1 fully saturated rings. The predicted molar refractivity (Wildman–Crippen MR) is 212 cm³/mol. The highest BCUT2D eigenvalue weighted by Crippen LogP contribution is 2.28. The highest BCUT2D eigenvalue weighted by Gasteiger charge is 2.43. The molecule has 1 rings (SSSR count). The van der Waals surface area contributed by atoms with Gasteiger partial charge in [0.2, 0.25) is 5.91 Å². The maximum absolute atomic E-state index is 13.0. The quantitative estimate of drug-likeness (QED) is 0.0268. The Hall–Kier alpha value is -1.33. The molecule has 1 saturated carbocycles. The molecular weight excluding hydrogens is 658 g/mol. The van der Waals surface area contributed by atoms with Crippen LogP contribution in [-0.2, 0) is 9.53 Å². The lowest BCUT2D eigenvalue weighted by molar-refractivity contribution is -0.181. The van der Waals surface area contributed by atoms with Gasteiger partial charge in [0, 0.05) is 12.5 Å². The third-order valence-electron chi connectivity index (χ3n) is 10.8. The Balaban J connectivity index is 2.57. The number of nitrogens with one attached hydrogen (secondary N) is 1. The molecule has 0 aromatic rings. The second kappa shape index (κ2) is 32.0. The average molecular weight is 740 g/mol. The van der Waals surface area contributed by atoms with Crippen LogP contribution in [0.5, 0.6) is 0 Å². The molecule has 0 saturated heterocycles. The zero-order valence-electron chi connectivity index (χ0n) is 33.4. The van der Waals surface area contributed by atoms with Crippen LogP contribution in [0, 0.1) is 5.92 Å². The minimum atomic E-state index is -1.49. The molecule has 1 aliphatic rings. The number of amides is 1. The van der Waals surface area contributed by atoms with E-state index in [1.807, 2.05) is 6.08 Å². The summed E-state index contributed by atoms with van der Waals surface area (Å²) in [5.74, 6) is -1.26. The van der Waals surface area contributed by atoms with Crippen LogP contribution >= 0.6 is 0 Å². The van der Waals surface area contributed by atoms with Gasteiger partial charge < -0.3 is 40.7 Å². The Morgan fingerprint density at radius 1 is 0.731 bits per heavy atom. The van der Waals surface area contributed by atoms with Gasteiger partial charge in [-0.05, 0) is 45.4 Å². The van der Waals surface area contributed by atoms with Gasteiger partial charge in [-0.3, -0.25) is 4.79 Å². The van der Waals surface area contributed by atoms with E-state index in [9.17, 15) is 35.4 Å². The van der Waals surface area contributed by atoms with Gasteiger partial charge in [-0.25, -0.2) is 0 Å². The normalized spacial score (nSPS) is 22.9. The standard InChI is InChI=1S/C43H81NO8/c1-4-6-8-10-12-14-16-18-20-23-27-34(3)28-24-22-26-29-37(46)36(33-52-39-31-35(32-45)40(48)42(50)41(39)49)44-43(51)38(47)30-25-21-19-17-15-13-11-9-7-5-2/h26,28-29,35-42,45-50H,4-25,27,30-33H2,1-3H3,(H,44,51)/b29-26+,34-28+/t35-,36+,37-,38-,39-,40-,41+,42+/m1/s1. The zero-order valence-corrected chi connectivity index (χ0v) is 33.4. The van der Waals surface area contributed by atoms with Gasteiger partial charge in [-0.2, -0.15) is 0 Å². The second-order valence-corrected chi connectivity index (χ2v) is 15.6. The molecule has 1 amide bonds. The SMILES string of the molecule is CCCCCCCCCCCC/C(C)=C/CC/C=C/[C@@H](O)[C@H](CO[C@@H]1C[C@H](CO)[C@@H](O)[C@H](O)[C@H]1O)NC(=O)[C@H](O)CCCCCCCCCCCC. The molecule has 0 bridgehead atoms. The lowest BCUT2D eigenvalue weighted by Crippen LogP contribution is -2.56. The van der Waals surface area contributed by atoms with E-state index in [0.717, 1.165) is 44.9 Å². The first kappa shape index (κ1) is 48.7. The Morgan fingerprint density at radius 2 is 1.25 bits per heavy atom. The Kier molecular flexibility index (Phi) is 29.9. The Bertz CT molecular complexity index is 912. The van der Waals surface area contributed by atoms with Crippen LogP contribution in [0.2, 0.25) is 0 Å². The number of hydrogen-bond acceptors (Lipinski definition) is 8. The van der Waals surface area contributed by atoms with Gasteiger partial charge in [0.1, 0.15) is 18.3 Å². The first-order valence-electron chi connectivity index (χ1n) is 21.4. The van der Waals surface area contributed by atoms with Crippen molar-refractivity contribution in [2.45, 2.75) is 224 Å². The fourth-order valence-corrected chi connectivity index (χ4v) is 7.10. The van der Waals surface area contributed by atoms with Crippen molar-refractivity contribution in [1.82, 2.24) is 5.32 Å². The maximum Gasteiger partial charge on any atom is 0.249 e. The summed E-state index contributed by atoms with van der Waals surface area (Å²) in [4.78, 5) is 13.0. The summed E-state index contributed by atoms with van der Waals surface area (Å²) in [5, 5.41) is 65.1. The minimum Gasteiger partial charge on any atom is -0.396 e. The number of carbonyl (C=O) groups excluding carboxylic acids is 1. The topological polar surface area (TPSA) is 160 Å². The van der Waals surface area contributed by atoms with Crippen molar-refractivity contribution in [2.75, 3.05) is 13.2 Å². The molecule has 0 spiro atoms. The summed E-state index contributed by atoms with van der Waals surface area (Å²) in [6.45, 7) is 6.08. The largest absolute Gasteiger partial charge is 0.396 e. The van der Waals surface area contributed by atoms with Gasteiger partial charge in [-0.15, -0.1) is 0 Å². The number of ether oxygens (including phenoxy) is 1. The Labute approximate surface area is 317 Å². The number of aliphatic hydroxyl groups is 6. The summed E-state index contributed by atoms with van der Waals surface area (Å²) in [5.41, 5.74) is 1.38. The smallest absolute Gasteiger partial charge is 0.249 e. The first-order valence-corrected chi connectivity index (χ1v) is 21.4. The summed E-state index contributed by atoms with van der Waals surface area (Å²) < 4.78 is 5.89. The molecule has 1 aliphatic carbocycles. The molecule has 0 aromatic heterocycles. The van der Waals surface area contributed by atoms with Crippen LogP contribution in [0.15, 0.2) is 23.8 Å². The summed E-state index contributed by atoms with van der Waals surface area (Å²) in [6, 6.07) is -0.913. The fourth-order valence-electron chi connectivity index (χ4n) is 7.10. The van der Waals surface area contributed by atoms with Crippen LogP contribution in [0.1, 0.15) is 181 Å². The molecule has 0 aliphatic heterocycles. The van der Waals surface area contributed by atoms with Gasteiger partial charge in [0.25, 0.3) is 0 Å². The van der Waals surface area contributed by atoms with Crippen LogP contribution in [0.3, 0.4) is 0 Å². The van der Waals surface area contributed by atoms with Crippen LogP contribution in [0.4, 0.5) is 0 Å². The van der Waals surface area contributed by atoms with E-state index < -0.39 is 54.5 Å². The van der Waals surface area contributed by atoms with Gasteiger partial charge in [0.05, 0.1) is 31.0 Å². The summed E-state index contributed by atoms with van der Waals surface area (Å²) >= 11 is 0. The predicted octanol–water partition coefficient (Wildman–Crippen LogP) is 7.58. The van der Waals surface area contributed by atoms with E-state index >= 15 is 0 Å². The van der Waals surface area contributed by atoms with Gasteiger partial charge in [-0.1, -0.05) is 160 Å². The molecule has 306 valence electrons. The van der Waals surface area contributed by atoms with Crippen LogP contribution in [0.25, 0.3) is 0 Å². The van der Waals surface area contributed by atoms with E-state index in [4.69, 9.17) is 4.74 Å². The number of rotatable bonds is 33. The fraction of sp³-hybridized carbons (Fsp3) is 0.884.